The van der Waals surface area contributed by atoms with Gasteiger partial charge in [0.2, 0.25) is 5.78 Å². The molecule has 1 amide bonds. The molecule has 1 saturated heterocycles. The molecule has 0 unspecified atom stereocenters. The zero-order valence-corrected chi connectivity index (χ0v) is 15.9. The minimum atomic E-state index is -0.710. The van der Waals surface area contributed by atoms with Crippen molar-refractivity contribution < 1.29 is 19.1 Å². The van der Waals surface area contributed by atoms with E-state index in [2.05, 4.69) is 4.98 Å². The number of rotatable bonds is 8. The Kier molecular flexibility index (Phi) is 6.89. The van der Waals surface area contributed by atoms with Crippen LogP contribution in [0.1, 0.15) is 52.0 Å². The summed E-state index contributed by atoms with van der Waals surface area (Å²) in [6, 6.07) is 3.21. The third kappa shape index (κ3) is 4.90. The quantitative estimate of drug-likeness (QED) is 0.404. The number of aryl methyl sites for hydroxylation is 1. The van der Waals surface area contributed by atoms with E-state index in [0.717, 1.165) is 12.0 Å². The first-order valence-electron chi connectivity index (χ1n) is 9.27. The van der Waals surface area contributed by atoms with Crippen molar-refractivity contribution in [2.75, 3.05) is 13.2 Å². The van der Waals surface area contributed by atoms with Gasteiger partial charge in [0.15, 0.2) is 0 Å². The van der Waals surface area contributed by atoms with Crippen LogP contribution >= 0.6 is 0 Å². The fraction of sp³-hybridized carbons (Fsp3) is 0.600. The van der Waals surface area contributed by atoms with E-state index in [-0.39, 0.29) is 0 Å². The highest BCUT2D eigenvalue weighted by Gasteiger charge is 2.41. The zero-order chi connectivity index (χ0) is 19.2. The number of esters is 1. The standard InChI is InChI=1S/C20H28N2O4/c1-4-20(2,3)17(23)18(24)22-12-6-10-16(22)19(25)26-13-7-9-15-8-5-11-21-14-15/h5,8,11,14,16H,4,6-7,9-10,12-13H2,1-3H3/t16-/m0/s1. The monoisotopic (exact) mass is 360 g/mol. The Morgan fingerprint density at radius 3 is 2.77 bits per heavy atom. The Morgan fingerprint density at radius 2 is 2.12 bits per heavy atom. The van der Waals surface area contributed by atoms with Crippen molar-refractivity contribution in [3.05, 3.63) is 30.1 Å². The third-order valence-corrected chi connectivity index (χ3v) is 5.06. The first-order valence-corrected chi connectivity index (χ1v) is 9.27. The molecule has 6 heteroatoms. The van der Waals surface area contributed by atoms with Crippen molar-refractivity contribution >= 4 is 17.7 Å². The van der Waals surface area contributed by atoms with E-state index in [1.54, 1.807) is 26.2 Å². The van der Waals surface area contributed by atoms with E-state index in [1.165, 1.54) is 4.90 Å². The van der Waals surface area contributed by atoms with Gasteiger partial charge in [0.1, 0.15) is 6.04 Å². The van der Waals surface area contributed by atoms with Gasteiger partial charge in [-0.15, -0.1) is 0 Å². The highest BCUT2D eigenvalue weighted by molar-refractivity contribution is 6.38. The lowest BCUT2D eigenvalue weighted by Gasteiger charge is -2.27. The van der Waals surface area contributed by atoms with E-state index in [4.69, 9.17) is 4.74 Å². The fourth-order valence-corrected chi connectivity index (χ4v) is 2.93. The summed E-state index contributed by atoms with van der Waals surface area (Å²) < 4.78 is 5.36. The van der Waals surface area contributed by atoms with Gasteiger partial charge < -0.3 is 9.64 Å². The molecule has 1 aliphatic heterocycles. The van der Waals surface area contributed by atoms with Crippen LogP contribution in [-0.2, 0) is 25.5 Å². The van der Waals surface area contributed by atoms with Gasteiger partial charge in [-0.2, -0.15) is 0 Å². The lowest BCUT2D eigenvalue weighted by atomic mass is 9.84. The predicted octanol–water partition coefficient (Wildman–Crippen LogP) is 2.55. The second-order valence-electron chi connectivity index (χ2n) is 7.36. The maximum absolute atomic E-state index is 12.5. The molecule has 1 aromatic rings. The highest BCUT2D eigenvalue weighted by atomic mass is 16.5. The van der Waals surface area contributed by atoms with Crippen molar-refractivity contribution in [1.29, 1.82) is 0 Å². The molecule has 26 heavy (non-hydrogen) atoms. The Hall–Kier alpha value is -2.24. The number of carbonyl (C=O) groups is 3. The molecule has 2 heterocycles. The van der Waals surface area contributed by atoms with E-state index in [9.17, 15) is 14.4 Å². The topological polar surface area (TPSA) is 76.6 Å². The first-order chi connectivity index (χ1) is 12.4. The molecule has 0 radical (unpaired) electrons. The largest absolute Gasteiger partial charge is 0.464 e. The molecule has 1 fully saturated rings. The molecular formula is C20H28N2O4. The van der Waals surface area contributed by atoms with Crippen molar-refractivity contribution in [3.8, 4) is 0 Å². The number of ether oxygens (including phenoxy) is 1. The number of Topliss-reactive ketones (excluding diaryl/α,β-unsaturated/α-hetero) is 1. The Bertz CT molecular complexity index is 642. The van der Waals surface area contributed by atoms with Gasteiger partial charge in [-0.25, -0.2) is 4.79 Å². The summed E-state index contributed by atoms with van der Waals surface area (Å²) in [7, 11) is 0. The second kappa shape index (κ2) is 8.92. The summed E-state index contributed by atoms with van der Waals surface area (Å²) in [5.41, 5.74) is 0.381. The van der Waals surface area contributed by atoms with Gasteiger partial charge in [-0.1, -0.05) is 26.8 Å². The van der Waals surface area contributed by atoms with Gasteiger partial charge >= 0.3 is 5.97 Å². The molecule has 0 aromatic carbocycles. The van der Waals surface area contributed by atoms with Crippen LogP contribution in [0.15, 0.2) is 24.5 Å². The molecule has 0 spiro atoms. The maximum Gasteiger partial charge on any atom is 0.328 e. The second-order valence-corrected chi connectivity index (χ2v) is 7.36. The smallest absolute Gasteiger partial charge is 0.328 e. The summed E-state index contributed by atoms with van der Waals surface area (Å²) in [6.45, 7) is 6.12. The van der Waals surface area contributed by atoms with Crippen LogP contribution in [0.5, 0.6) is 0 Å². The number of nitrogens with zero attached hydrogens (tertiary/aromatic N) is 2. The Labute approximate surface area is 154 Å². The summed E-state index contributed by atoms with van der Waals surface area (Å²) in [5, 5.41) is 0. The van der Waals surface area contributed by atoms with Crippen molar-refractivity contribution in [1.82, 2.24) is 9.88 Å². The van der Waals surface area contributed by atoms with Crippen molar-refractivity contribution in [2.45, 2.75) is 58.9 Å². The van der Waals surface area contributed by atoms with Crippen LogP contribution in [0.4, 0.5) is 0 Å². The molecule has 0 bridgehead atoms. The molecule has 1 aliphatic rings. The number of hydrogen-bond acceptors (Lipinski definition) is 5. The van der Waals surface area contributed by atoms with Crippen LogP contribution < -0.4 is 0 Å². The van der Waals surface area contributed by atoms with E-state index >= 15 is 0 Å². The molecule has 0 aliphatic carbocycles. The zero-order valence-electron chi connectivity index (χ0n) is 15.9. The highest BCUT2D eigenvalue weighted by Crippen LogP contribution is 2.26. The number of likely N-dealkylation sites (tertiary alicyclic amines) is 1. The molecule has 0 N–H and O–H groups in total. The molecular weight excluding hydrogens is 332 g/mol. The average Bonchev–Trinajstić information content (AvgIpc) is 3.14. The lowest BCUT2D eigenvalue weighted by Crippen LogP contribution is -2.48. The molecule has 1 atom stereocenters. The predicted molar refractivity (Wildman–Crippen MR) is 97.3 cm³/mol. The van der Waals surface area contributed by atoms with E-state index in [1.807, 2.05) is 19.1 Å². The molecule has 1 aromatic heterocycles. The van der Waals surface area contributed by atoms with Gasteiger partial charge in [0, 0.05) is 24.4 Å². The summed E-state index contributed by atoms with van der Waals surface area (Å²) in [4.78, 5) is 42.8. The van der Waals surface area contributed by atoms with Gasteiger partial charge in [0.25, 0.3) is 5.91 Å². The normalized spacial score (nSPS) is 17.2. The number of pyridine rings is 1. The SMILES string of the molecule is CCC(C)(C)C(=O)C(=O)N1CCC[C@H]1C(=O)OCCCc1cccnc1. The Morgan fingerprint density at radius 1 is 1.35 bits per heavy atom. The van der Waals surface area contributed by atoms with Crippen LogP contribution in [0.2, 0.25) is 0 Å². The first kappa shape index (κ1) is 20.1. The molecule has 6 nitrogen and oxygen atoms in total. The fourth-order valence-electron chi connectivity index (χ4n) is 2.93. The van der Waals surface area contributed by atoms with Crippen molar-refractivity contribution in [3.63, 3.8) is 0 Å². The number of amides is 1. The minimum absolute atomic E-state index is 0.292. The number of carbonyl (C=O) groups excluding carboxylic acids is 3. The van der Waals surface area contributed by atoms with Crippen LogP contribution in [0.3, 0.4) is 0 Å². The van der Waals surface area contributed by atoms with Crippen molar-refractivity contribution in [2.24, 2.45) is 5.41 Å². The number of ketones is 1. The lowest BCUT2D eigenvalue weighted by molar-refractivity contribution is -0.157. The van der Waals surface area contributed by atoms with Gasteiger partial charge in [0.05, 0.1) is 6.61 Å². The third-order valence-electron chi connectivity index (χ3n) is 5.06. The minimum Gasteiger partial charge on any atom is -0.464 e. The van der Waals surface area contributed by atoms with Crippen LogP contribution in [0, 0.1) is 5.41 Å². The Balaban J connectivity index is 1.85. The summed E-state index contributed by atoms with van der Waals surface area (Å²) >= 11 is 0. The van der Waals surface area contributed by atoms with E-state index < -0.39 is 29.1 Å². The molecule has 142 valence electrons. The van der Waals surface area contributed by atoms with Crippen LogP contribution in [0.25, 0.3) is 0 Å². The van der Waals surface area contributed by atoms with Gasteiger partial charge in [-0.3, -0.25) is 14.6 Å². The summed E-state index contributed by atoms with van der Waals surface area (Å²) in [5.74, 6) is -1.41. The van der Waals surface area contributed by atoms with Gasteiger partial charge in [-0.05, 0) is 43.7 Å². The van der Waals surface area contributed by atoms with E-state index in [0.29, 0.717) is 38.8 Å². The molecule has 2 rings (SSSR count). The molecule has 0 saturated carbocycles. The number of aromatic nitrogens is 1. The number of hydrogen-bond donors (Lipinski definition) is 0. The average molecular weight is 360 g/mol. The van der Waals surface area contributed by atoms with Crippen LogP contribution in [-0.4, -0.2) is 46.7 Å². The maximum atomic E-state index is 12.5. The summed E-state index contributed by atoms with van der Waals surface area (Å²) in [6.07, 6.45) is 6.82.